The third kappa shape index (κ3) is 6.09. The number of nitrogens with two attached hydrogens (primary N) is 1. The quantitative estimate of drug-likeness (QED) is 0.290. The monoisotopic (exact) mass is 470 g/mol. The van der Waals surface area contributed by atoms with Gasteiger partial charge in [-0.1, -0.05) is 12.1 Å². The van der Waals surface area contributed by atoms with Crippen LogP contribution >= 0.6 is 0 Å². The number of anilines is 1. The number of aromatic nitrogens is 1. The van der Waals surface area contributed by atoms with E-state index in [1.165, 1.54) is 16.7 Å². The number of carbonyl (C=O) groups excluding carboxylic acids is 1. The summed E-state index contributed by atoms with van der Waals surface area (Å²) >= 11 is 0. The molecule has 0 saturated heterocycles. The number of hydrogen-bond acceptors (Lipinski definition) is 7. The highest BCUT2D eigenvalue weighted by Crippen LogP contribution is 2.22. The van der Waals surface area contributed by atoms with Crippen molar-refractivity contribution >= 4 is 21.7 Å². The normalized spacial score (nSPS) is 11.4. The van der Waals surface area contributed by atoms with Gasteiger partial charge in [0, 0.05) is 18.1 Å². The molecule has 0 bridgehead atoms. The van der Waals surface area contributed by atoms with E-state index in [4.69, 9.17) is 10.5 Å². The van der Waals surface area contributed by atoms with E-state index in [9.17, 15) is 18.0 Å². The van der Waals surface area contributed by atoms with Crippen LogP contribution in [0.25, 0.3) is 5.69 Å². The Balaban J connectivity index is 1.78. The van der Waals surface area contributed by atoms with Gasteiger partial charge in [0.05, 0.1) is 30.7 Å². The van der Waals surface area contributed by atoms with E-state index in [2.05, 4.69) is 4.18 Å². The first-order chi connectivity index (χ1) is 15.6. The average Bonchev–Trinajstić information content (AvgIpc) is 2.75. The largest absolute Gasteiger partial charge is 0.494 e. The first kappa shape index (κ1) is 24.2. The van der Waals surface area contributed by atoms with Gasteiger partial charge >= 0.3 is 0 Å². The van der Waals surface area contributed by atoms with Crippen molar-refractivity contribution < 1.29 is 22.1 Å². The van der Waals surface area contributed by atoms with Gasteiger partial charge in [-0.15, -0.1) is 0 Å². The number of rotatable bonds is 9. The lowest BCUT2D eigenvalue weighted by molar-refractivity contribution is 0.103. The van der Waals surface area contributed by atoms with Crippen LogP contribution in [0.15, 0.2) is 59.4 Å². The van der Waals surface area contributed by atoms with Gasteiger partial charge in [0.15, 0.2) is 5.78 Å². The first-order valence-corrected chi connectivity index (χ1v) is 12.1. The number of pyridine rings is 1. The van der Waals surface area contributed by atoms with E-state index < -0.39 is 10.1 Å². The second-order valence-electron chi connectivity index (χ2n) is 7.66. The van der Waals surface area contributed by atoms with Crippen LogP contribution in [-0.2, 0) is 14.3 Å². The second-order valence-corrected chi connectivity index (χ2v) is 9.30. The number of carbonyl (C=O) groups is 1. The van der Waals surface area contributed by atoms with Crippen molar-refractivity contribution in [3.05, 3.63) is 87.2 Å². The Morgan fingerprint density at radius 1 is 0.970 bits per heavy atom. The zero-order valence-corrected chi connectivity index (χ0v) is 19.5. The predicted molar refractivity (Wildman–Crippen MR) is 127 cm³/mol. The van der Waals surface area contributed by atoms with E-state index in [1.807, 2.05) is 19.9 Å². The van der Waals surface area contributed by atoms with Gasteiger partial charge < -0.3 is 10.5 Å². The van der Waals surface area contributed by atoms with Crippen molar-refractivity contribution in [2.45, 2.75) is 20.3 Å². The second kappa shape index (κ2) is 10.0. The van der Waals surface area contributed by atoms with Crippen LogP contribution in [0.3, 0.4) is 0 Å². The predicted octanol–water partition coefficient (Wildman–Crippen LogP) is 3.01. The Morgan fingerprint density at radius 3 is 2.30 bits per heavy atom. The molecule has 2 N–H and O–H groups in total. The number of ether oxygens (including phenoxy) is 1. The van der Waals surface area contributed by atoms with Crippen LogP contribution in [0.1, 0.15) is 33.5 Å². The molecule has 0 amide bonds. The van der Waals surface area contributed by atoms with E-state index >= 15 is 0 Å². The van der Waals surface area contributed by atoms with Crippen molar-refractivity contribution in [2.75, 3.05) is 25.2 Å². The minimum absolute atomic E-state index is 0.0319. The third-order valence-electron chi connectivity index (χ3n) is 5.09. The fraction of sp³-hybridized carbons (Fsp3) is 0.250. The van der Waals surface area contributed by atoms with Gasteiger partial charge in [0.2, 0.25) is 0 Å². The van der Waals surface area contributed by atoms with Gasteiger partial charge in [0.1, 0.15) is 11.6 Å². The van der Waals surface area contributed by atoms with E-state index in [-0.39, 0.29) is 35.9 Å². The summed E-state index contributed by atoms with van der Waals surface area (Å²) in [6, 6.07) is 14.8. The van der Waals surface area contributed by atoms with Gasteiger partial charge in [0.25, 0.3) is 15.7 Å². The van der Waals surface area contributed by atoms with Crippen molar-refractivity contribution in [2.24, 2.45) is 0 Å². The molecule has 1 aromatic heterocycles. The molecule has 0 aliphatic rings. The highest BCUT2D eigenvalue weighted by molar-refractivity contribution is 7.85. The summed E-state index contributed by atoms with van der Waals surface area (Å²) in [7, 11) is -3.47. The molecule has 33 heavy (non-hydrogen) atoms. The third-order valence-corrected chi connectivity index (χ3v) is 5.69. The van der Waals surface area contributed by atoms with Crippen molar-refractivity contribution in [3.8, 4) is 11.4 Å². The Hall–Kier alpha value is -3.43. The zero-order valence-electron chi connectivity index (χ0n) is 18.7. The van der Waals surface area contributed by atoms with Crippen LogP contribution in [0, 0.1) is 13.8 Å². The van der Waals surface area contributed by atoms with E-state index in [0.717, 1.165) is 17.4 Å². The number of benzene rings is 2. The molecule has 1 heterocycles. The Morgan fingerprint density at radius 2 is 1.67 bits per heavy atom. The highest BCUT2D eigenvalue weighted by atomic mass is 32.2. The van der Waals surface area contributed by atoms with Crippen LogP contribution in [0.5, 0.6) is 5.75 Å². The zero-order chi connectivity index (χ0) is 24.2. The lowest BCUT2D eigenvalue weighted by atomic mass is 9.99. The first-order valence-electron chi connectivity index (χ1n) is 10.3. The summed E-state index contributed by atoms with van der Waals surface area (Å²) in [5.41, 5.74) is 9.19. The molecule has 0 radical (unpaired) electrons. The molecule has 174 valence electrons. The number of aryl methyl sites for hydroxylation is 2. The van der Waals surface area contributed by atoms with Gasteiger partial charge in [-0.05, 0) is 61.4 Å². The summed E-state index contributed by atoms with van der Waals surface area (Å²) in [5.74, 6) is 0.324. The SMILES string of the molecule is Cc1ccc(C(=O)c2ccc(=O)n(-c3ccc(OCCCOS(C)(=O)=O)cc3)c2N)cc1C. The Labute approximate surface area is 192 Å². The van der Waals surface area contributed by atoms with E-state index in [0.29, 0.717) is 23.4 Å². The molecule has 2 aromatic carbocycles. The molecule has 9 heteroatoms. The van der Waals surface area contributed by atoms with Crippen molar-refractivity contribution in [1.29, 1.82) is 0 Å². The fourth-order valence-corrected chi connectivity index (χ4v) is 3.62. The molecule has 3 rings (SSSR count). The molecule has 0 atom stereocenters. The Kier molecular flexibility index (Phi) is 7.35. The minimum atomic E-state index is -3.47. The topological polar surface area (TPSA) is 118 Å². The number of nitrogen functional groups attached to an aromatic ring is 1. The molecule has 3 aromatic rings. The smallest absolute Gasteiger partial charge is 0.264 e. The Bertz CT molecular complexity index is 1330. The van der Waals surface area contributed by atoms with Gasteiger partial charge in [-0.25, -0.2) is 0 Å². The number of nitrogens with zero attached hydrogens (tertiary/aromatic N) is 1. The molecule has 0 spiro atoms. The molecule has 0 saturated carbocycles. The molecule has 0 unspecified atom stereocenters. The summed E-state index contributed by atoms with van der Waals surface area (Å²) in [4.78, 5) is 25.6. The van der Waals surface area contributed by atoms with Crippen LogP contribution in [0.2, 0.25) is 0 Å². The number of hydrogen-bond donors (Lipinski definition) is 1. The molecular formula is C24H26N2O6S. The lowest BCUT2D eigenvalue weighted by Gasteiger charge is -2.14. The summed E-state index contributed by atoms with van der Waals surface area (Å²) in [5, 5.41) is 0. The summed E-state index contributed by atoms with van der Waals surface area (Å²) < 4.78 is 33.4. The fourth-order valence-electron chi connectivity index (χ4n) is 3.20. The lowest BCUT2D eigenvalue weighted by Crippen LogP contribution is -2.23. The summed E-state index contributed by atoms with van der Waals surface area (Å²) in [6.07, 6.45) is 1.38. The van der Waals surface area contributed by atoms with Gasteiger partial charge in [-0.3, -0.25) is 18.3 Å². The number of ketones is 1. The summed E-state index contributed by atoms with van der Waals surface area (Å²) in [6.45, 7) is 4.19. The van der Waals surface area contributed by atoms with E-state index in [1.54, 1.807) is 36.4 Å². The minimum Gasteiger partial charge on any atom is -0.494 e. The average molecular weight is 471 g/mol. The highest BCUT2D eigenvalue weighted by Gasteiger charge is 2.17. The maximum atomic E-state index is 13.0. The molecule has 0 aliphatic heterocycles. The standard InChI is InChI=1S/C24H26N2O6S/c1-16-5-6-18(15-17(16)2)23(28)21-11-12-22(27)26(24(21)25)19-7-9-20(10-8-19)31-13-4-14-32-33(3,29)30/h5-12,15H,4,13-14,25H2,1-3H3. The molecule has 8 nitrogen and oxygen atoms in total. The van der Waals surface area contributed by atoms with Gasteiger partial charge in [-0.2, -0.15) is 8.42 Å². The van der Waals surface area contributed by atoms with Crippen molar-refractivity contribution in [3.63, 3.8) is 0 Å². The van der Waals surface area contributed by atoms with Crippen molar-refractivity contribution in [1.82, 2.24) is 4.57 Å². The maximum absolute atomic E-state index is 13.0. The van der Waals surface area contributed by atoms with Crippen LogP contribution in [0.4, 0.5) is 5.82 Å². The molecule has 0 fully saturated rings. The van der Waals surface area contributed by atoms with Crippen LogP contribution < -0.4 is 16.0 Å². The molecule has 0 aliphatic carbocycles. The maximum Gasteiger partial charge on any atom is 0.264 e. The molecular weight excluding hydrogens is 444 g/mol. The van der Waals surface area contributed by atoms with Crippen LogP contribution in [-0.4, -0.2) is 38.2 Å².